The van der Waals surface area contributed by atoms with Crippen LogP contribution in [0, 0.1) is 5.82 Å². The maximum absolute atomic E-state index is 13.3. The molecule has 1 aromatic heterocycles. The van der Waals surface area contributed by atoms with Gasteiger partial charge in [-0.05, 0) is 46.3 Å². The van der Waals surface area contributed by atoms with Crippen molar-refractivity contribution in [2.75, 3.05) is 0 Å². The summed E-state index contributed by atoms with van der Waals surface area (Å²) >= 11 is 7.42. The topological polar surface area (TPSA) is 43.6 Å². The quantitative estimate of drug-likeness (QED) is 0.687. The molecule has 0 aliphatic heterocycles. The average Bonchev–Trinajstić information content (AvgIpc) is 2.94. The minimum Gasteiger partial charge on any atom is -0.207 e. The summed E-state index contributed by atoms with van der Waals surface area (Å²) in [7, 11) is 0. The molecular weight excluding hydrogens is 311 g/mol. The molecule has 0 amide bonds. The van der Waals surface area contributed by atoms with Gasteiger partial charge in [-0.15, -0.1) is 5.10 Å². The Bertz CT molecular complexity index is 762. The Balaban J connectivity index is 1.80. The van der Waals surface area contributed by atoms with E-state index in [2.05, 4.69) is 15.5 Å². The highest BCUT2D eigenvalue weighted by Gasteiger charge is 2.10. The van der Waals surface area contributed by atoms with E-state index >= 15 is 0 Å². The summed E-state index contributed by atoms with van der Waals surface area (Å²) in [6.07, 6.45) is 0. The molecule has 21 heavy (non-hydrogen) atoms. The number of halogens is 2. The second-order valence-electron chi connectivity index (χ2n) is 4.27. The van der Waals surface area contributed by atoms with E-state index in [1.54, 1.807) is 12.1 Å². The van der Waals surface area contributed by atoms with Gasteiger partial charge in [-0.2, -0.15) is 4.68 Å². The first-order valence-corrected chi connectivity index (χ1v) is 7.50. The van der Waals surface area contributed by atoms with Crippen LogP contribution in [-0.2, 0) is 5.75 Å². The fourth-order valence-corrected chi connectivity index (χ4v) is 2.86. The number of hydrogen-bond acceptors (Lipinski definition) is 4. The fourth-order valence-electron chi connectivity index (χ4n) is 1.81. The number of benzene rings is 2. The highest BCUT2D eigenvalue weighted by atomic mass is 35.5. The van der Waals surface area contributed by atoms with Gasteiger partial charge in [-0.3, -0.25) is 0 Å². The lowest BCUT2D eigenvalue weighted by molar-refractivity contribution is 0.623. The molecular formula is C14H10ClFN4S. The SMILES string of the molecule is Fc1cccc(-n2nnnc2SCc2cccc(Cl)c2)c1. The predicted octanol–water partition coefficient (Wildman–Crippen LogP) is 3.75. The third kappa shape index (κ3) is 3.40. The summed E-state index contributed by atoms with van der Waals surface area (Å²) in [5.41, 5.74) is 1.66. The Morgan fingerprint density at radius 3 is 2.81 bits per heavy atom. The summed E-state index contributed by atoms with van der Waals surface area (Å²) < 4.78 is 14.8. The second-order valence-corrected chi connectivity index (χ2v) is 5.65. The molecule has 106 valence electrons. The number of tetrazole rings is 1. The molecule has 7 heteroatoms. The predicted molar refractivity (Wildman–Crippen MR) is 80.1 cm³/mol. The molecule has 4 nitrogen and oxygen atoms in total. The normalized spacial score (nSPS) is 10.8. The van der Waals surface area contributed by atoms with Gasteiger partial charge in [0, 0.05) is 10.8 Å². The lowest BCUT2D eigenvalue weighted by Gasteiger charge is -2.04. The molecule has 0 radical (unpaired) electrons. The van der Waals surface area contributed by atoms with Gasteiger partial charge in [0.15, 0.2) is 0 Å². The van der Waals surface area contributed by atoms with Crippen molar-refractivity contribution in [2.24, 2.45) is 0 Å². The van der Waals surface area contributed by atoms with E-state index in [4.69, 9.17) is 11.6 Å². The number of rotatable bonds is 4. The van der Waals surface area contributed by atoms with Crippen LogP contribution in [0.1, 0.15) is 5.56 Å². The van der Waals surface area contributed by atoms with Crippen molar-refractivity contribution in [3.8, 4) is 5.69 Å². The molecule has 0 aliphatic rings. The Morgan fingerprint density at radius 2 is 2.00 bits per heavy atom. The molecule has 2 aromatic carbocycles. The number of hydrogen-bond donors (Lipinski definition) is 0. The van der Waals surface area contributed by atoms with Crippen molar-refractivity contribution >= 4 is 23.4 Å². The molecule has 0 aliphatic carbocycles. The van der Waals surface area contributed by atoms with Crippen LogP contribution < -0.4 is 0 Å². The van der Waals surface area contributed by atoms with Gasteiger partial charge in [-0.25, -0.2) is 4.39 Å². The number of nitrogens with zero attached hydrogens (tertiary/aromatic N) is 4. The van der Waals surface area contributed by atoms with Gasteiger partial charge in [-0.1, -0.05) is 41.6 Å². The standard InChI is InChI=1S/C14H10ClFN4S/c15-11-4-1-3-10(7-11)9-21-14-17-18-19-20(14)13-6-2-5-12(16)8-13/h1-8H,9H2. The summed E-state index contributed by atoms with van der Waals surface area (Å²) in [4.78, 5) is 0. The molecule has 0 spiro atoms. The highest BCUT2D eigenvalue weighted by molar-refractivity contribution is 7.98. The lowest BCUT2D eigenvalue weighted by Crippen LogP contribution is -1.99. The van der Waals surface area contributed by atoms with Crippen molar-refractivity contribution in [3.63, 3.8) is 0 Å². The van der Waals surface area contributed by atoms with Crippen LogP contribution in [0.4, 0.5) is 4.39 Å². The van der Waals surface area contributed by atoms with Crippen molar-refractivity contribution in [2.45, 2.75) is 10.9 Å². The van der Waals surface area contributed by atoms with Gasteiger partial charge in [0.05, 0.1) is 5.69 Å². The molecule has 0 fully saturated rings. The summed E-state index contributed by atoms with van der Waals surface area (Å²) in [5, 5.41) is 12.8. The van der Waals surface area contributed by atoms with E-state index in [9.17, 15) is 4.39 Å². The molecule has 0 N–H and O–H groups in total. The maximum atomic E-state index is 13.3. The largest absolute Gasteiger partial charge is 0.214 e. The second kappa shape index (κ2) is 6.24. The molecule has 0 atom stereocenters. The molecule has 0 bridgehead atoms. The molecule has 3 aromatic rings. The first-order valence-electron chi connectivity index (χ1n) is 6.14. The average molecular weight is 321 g/mol. The van der Waals surface area contributed by atoms with Gasteiger partial charge in [0.25, 0.3) is 0 Å². The Hall–Kier alpha value is -1.92. The smallest absolute Gasteiger partial charge is 0.207 e. The molecule has 0 saturated heterocycles. The van der Waals surface area contributed by atoms with Crippen molar-refractivity contribution in [3.05, 3.63) is 64.9 Å². The molecule has 0 saturated carbocycles. The van der Waals surface area contributed by atoms with Gasteiger partial charge in [0.1, 0.15) is 5.82 Å². The van der Waals surface area contributed by atoms with Crippen molar-refractivity contribution < 1.29 is 4.39 Å². The van der Waals surface area contributed by atoms with Gasteiger partial charge in [0.2, 0.25) is 5.16 Å². The van der Waals surface area contributed by atoms with Crippen LogP contribution in [0.25, 0.3) is 5.69 Å². The number of thioether (sulfide) groups is 1. The van der Waals surface area contributed by atoms with E-state index in [1.807, 2.05) is 24.3 Å². The van der Waals surface area contributed by atoms with E-state index in [0.717, 1.165) is 5.56 Å². The zero-order valence-corrected chi connectivity index (χ0v) is 12.4. The van der Waals surface area contributed by atoms with Crippen molar-refractivity contribution in [1.82, 2.24) is 20.2 Å². The highest BCUT2D eigenvalue weighted by Crippen LogP contribution is 2.23. The minimum atomic E-state index is -0.325. The number of aromatic nitrogens is 4. The van der Waals surface area contributed by atoms with Gasteiger partial charge < -0.3 is 0 Å². The maximum Gasteiger partial charge on any atom is 0.214 e. The summed E-state index contributed by atoms with van der Waals surface area (Å²) in [6, 6.07) is 13.7. The third-order valence-electron chi connectivity index (χ3n) is 2.75. The van der Waals surface area contributed by atoms with Gasteiger partial charge >= 0.3 is 0 Å². The summed E-state index contributed by atoms with van der Waals surface area (Å²) in [6.45, 7) is 0. The van der Waals surface area contributed by atoms with Crippen molar-refractivity contribution in [1.29, 1.82) is 0 Å². The first-order chi connectivity index (χ1) is 10.2. The van der Waals surface area contributed by atoms with E-state index in [-0.39, 0.29) is 5.82 Å². The van der Waals surface area contributed by atoms with E-state index in [1.165, 1.54) is 28.6 Å². The molecule has 1 heterocycles. The van der Waals surface area contributed by atoms with Crippen LogP contribution in [-0.4, -0.2) is 20.2 Å². The van der Waals surface area contributed by atoms with Crippen LogP contribution in [0.3, 0.4) is 0 Å². The Labute approximate surface area is 129 Å². The van der Waals surface area contributed by atoms with Crippen LogP contribution in [0.2, 0.25) is 5.02 Å². The Kier molecular flexibility index (Phi) is 4.17. The third-order valence-corrected chi connectivity index (χ3v) is 3.98. The van der Waals surface area contributed by atoms with Crippen LogP contribution in [0.15, 0.2) is 53.7 Å². The van der Waals surface area contributed by atoms with Crippen LogP contribution >= 0.6 is 23.4 Å². The fraction of sp³-hybridized carbons (Fsp3) is 0.0714. The molecule has 3 rings (SSSR count). The minimum absolute atomic E-state index is 0.325. The first kappa shape index (κ1) is 14.0. The van der Waals surface area contributed by atoms with Crippen LogP contribution in [0.5, 0.6) is 0 Å². The zero-order valence-electron chi connectivity index (χ0n) is 10.8. The zero-order chi connectivity index (χ0) is 14.7. The molecule has 0 unspecified atom stereocenters. The van der Waals surface area contributed by atoms with E-state index in [0.29, 0.717) is 21.6 Å². The monoisotopic (exact) mass is 320 g/mol. The Morgan fingerprint density at radius 1 is 1.14 bits per heavy atom. The lowest BCUT2D eigenvalue weighted by atomic mass is 10.2. The summed E-state index contributed by atoms with van der Waals surface area (Å²) in [5.74, 6) is 0.352. The van der Waals surface area contributed by atoms with E-state index < -0.39 is 0 Å².